The Kier molecular flexibility index (Phi) is 11.8. The zero-order chi connectivity index (χ0) is 28.2. The lowest BCUT2D eigenvalue weighted by Crippen LogP contribution is -2.54. The van der Waals surface area contributed by atoms with E-state index in [9.17, 15) is 14.4 Å². The molecule has 0 saturated carbocycles. The van der Waals surface area contributed by atoms with Crippen molar-refractivity contribution in [3.05, 3.63) is 65.7 Å². The molecule has 0 aromatic heterocycles. The lowest BCUT2D eigenvalue weighted by molar-refractivity contribution is -0.130. The molecule has 8 heteroatoms. The standard InChI is InChI=1S/C31H44N4O4/c1-22(2)19-35-17-7-10-26(20-35)33-31(38)28(34-29(36)16-11-23(3)30(32)37)18-24-12-14-27(15-13-24)39-21-25-8-5-4-6-9-25/h4-6,8-9,12-15,22-23,26,28H,7,10-11,16-21H2,1-3H3,(H2,32,37)(H,33,38)(H,34,36). The molecule has 2 aromatic carbocycles. The van der Waals surface area contributed by atoms with E-state index in [-0.39, 0.29) is 24.3 Å². The van der Waals surface area contributed by atoms with Crippen LogP contribution >= 0.6 is 0 Å². The third-order valence-corrected chi connectivity index (χ3v) is 7.03. The minimum absolute atomic E-state index is 0.0491. The fourth-order valence-electron chi connectivity index (χ4n) is 4.82. The number of nitrogens with two attached hydrogens (primary N) is 1. The first-order valence-corrected chi connectivity index (χ1v) is 14.1. The second-order valence-corrected chi connectivity index (χ2v) is 11.1. The maximum absolute atomic E-state index is 13.4. The van der Waals surface area contributed by atoms with Gasteiger partial charge in [0.2, 0.25) is 17.7 Å². The Bertz CT molecular complexity index is 1060. The molecule has 3 rings (SSSR count). The molecule has 0 bridgehead atoms. The first-order valence-electron chi connectivity index (χ1n) is 14.1. The number of carbonyl (C=O) groups excluding carboxylic acids is 3. The van der Waals surface area contributed by atoms with E-state index in [2.05, 4.69) is 29.4 Å². The third kappa shape index (κ3) is 10.7. The van der Waals surface area contributed by atoms with Crippen molar-refractivity contribution >= 4 is 17.7 Å². The van der Waals surface area contributed by atoms with Gasteiger partial charge >= 0.3 is 0 Å². The van der Waals surface area contributed by atoms with Gasteiger partial charge in [-0.05, 0) is 55.0 Å². The molecule has 1 heterocycles. The van der Waals surface area contributed by atoms with E-state index in [0.717, 1.165) is 49.4 Å². The molecule has 0 spiro atoms. The summed E-state index contributed by atoms with van der Waals surface area (Å²) in [5, 5.41) is 6.09. The molecule has 1 fully saturated rings. The molecule has 0 radical (unpaired) electrons. The van der Waals surface area contributed by atoms with Gasteiger partial charge in [0.1, 0.15) is 18.4 Å². The summed E-state index contributed by atoms with van der Waals surface area (Å²) in [5.41, 5.74) is 7.34. The number of hydrogen-bond donors (Lipinski definition) is 3. The van der Waals surface area contributed by atoms with Crippen molar-refractivity contribution in [1.29, 1.82) is 0 Å². The SMILES string of the molecule is CC(C)CN1CCCC(NC(=O)C(Cc2ccc(OCc3ccccc3)cc2)NC(=O)CCC(C)C(N)=O)C1. The van der Waals surface area contributed by atoms with Gasteiger partial charge in [-0.15, -0.1) is 0 Å². The summed E-state index contributed by atoms with van der Waals surface area (Å²) < 4.78 is 5.88. The molecule has 4 N–H and O–H groups in total. The number of carbonyl (C=O) groups is 3. The Hall–Kier alpha value is -3.39. The van der Waals surface area contributed by atoms with Crippen molar-refractivity contribution in [3.8, 4) is 5.75 Å². The molecule has 39 heavy (non-hydrogen) atoms. The van der Waals surface area contributed by atoms with Gasteiger partial charge in [-0.25, -0.2) is 0 Å². The van der Waals surface area contributed by atoms with Crippen LogP contribution in [0.2, 0.25) is 0 Å². The first-order chi connectivity index (χ1) is 18.7. The summed E-state index contributed by atoms with van der Waals surface area (Å²) >= 11 is 0. The average molecular weight is 537 g/mol. The van der Waals surface area contributed by atoms with E-state index in [1.807, 2.05) is 54.6 Å². The molecular formula is C31H44N4O4. The first kappa shape index (κ1) is 30.2. The molecule has 2 aromatic rings. The number of nitrogens with one attached hydrogen (secondary N) is 2. The van der Waals surface area contributed by atoms with Crippen LogP contribution in [0.5, 0.6) is 5.75 Å². The van der Waals surface area contributed by atoms with Crippen LogP contribution in [-0.4, -0.2) is 54.3 Å². The Morgan fingerprint density at radius 2 is 1.74 bits per heavy atom. The summed E-state index contributed by atoms with van der Waals surface area (Å²) in [7, 11) is 0. The fourth-order valence-corrected chi connectivity index (χ4v) is 4.82. The number of nitrogens with zero attached hydrogens (tertiary/aromatic N) is 1. The van der Waals surface area contributed by atoms with Crippen molar-refractivity contribution in [2.75, 3.05) is 19.6 Å². The van der Waals surface area contributed by atoms with Crippen LogP contribution in [0.15, 0.2) is 54.6 Å². The number of benzene rings is 2. The Labute approximate surface area is 232 Å². The highest BCUT2D eigenvalue weighted by Crippen LogP contribution is 2.17. The monoisotopic (exact) mass is 536 g/mol. The van der Waals surface area contributed by atoms with Crippen LogP contribution in [0.3, 0.4) is 0 Å². The van der Waals surface area contributed by atoms with Gasteiger partial charge < -0.3 is 26.0 Å². The van der Waals surface area contributed by atoms with Crippen molar-refractivity contribution in [1.82, 2.24) is 15.5 Å². The van der Waals surface area contributed by atoms with E-state index < -0.39 is 17.9 Å². The minimum atomic E-state index is -0.724. The maximum Gasteiger partial charge on any atom is 0.243 e. The lowest BCUT2D eigenvalue weighted by Gasteiger charge is -2.34. The molecule has 3 amide bonds. The fraction of sp³-hybridized carbons (Fsp3) is 0.516. The number of ether oxygens (including phenoxy) is 1. The quantitative estimate of drug-likeness (QED) is 0.342. The van der Waals surface area contributed by atoms with Gasteiger partial charge in [-0.3, -0.25) is 14.4 Å². The molecular weight excluding hydrogens is 492 g/mol. The summed E-state index contributed by atoms with van der Waals surface area (Å²) in [4.78, 5) is 39.9. The third-order valence-electron chi connectivity index (χ3n) is 7.03. The highest BCUT2D eigenvalue weighted by atomic mass is 16.5. The number of amides is 3. The Morgan fingerprint density at radius 1 is 1.03 bits per heavy atom. The molecule has 1 saturated heterocycles. The molecule has 1 aliphatic rings. The molecule has 1 aliphatic heterocycles. The lowest BCUT2D eigenvalue weighted by atomic mass is 10.0. The molecule has 3 unspecified atom stereocenters. The average Bonchev–Trinajstić information content (AvgIpc) is 2.91. The minimum Gasteiger partial charge on any atom is -0.489 e. The predicted molar refractivity (Wildman–Crippen MR) is 153 cm³/mol. The predicted octanol–water partition coefficient (Wildman–Crippen LogP) is 3.43. The van der Waals surface area contributed by atoms with Crippen LogP contribution in [0.1, 0.15) is 57.6 Å². The molecule has 3 atom stereocenters. The number of rotatable bonds is 14. The van der Waals surface area contributed by atoms with Crippen molar-refractivity contribution in [3.63, 3.8) is 0 Å². The van der Waals surface area contributed by atoms with E-state index in [1.54, 1.807) is 6.92 Å². The number of hydrogen-bond acceptors (Lipinski definition) is 5. The van der Waals surface area contributed by atoms with Crippen LogP contribution in [-0.2, 0) is 27.4 Å². The van der Waals surface area contributed by atoms with E-state index in [1.165, 1.54) is 0 Å². The zero-order valence-corrected chi connectivity index (χ0v) is 23.5. The van der Waals surface area contributed by atoms with Gasteiger partial charge in [0, 0.05) is 37.9 Å². The van der Waals surface area contributed by atoms with Crippen LogP contribution in [0, 0.1) is 11.8 Å². The van der Waals surface area contributed by atoms with Crippen molar-refractivity contribution in [2.24, 2.45) is 17.6 Å². The van der Waals surface area contributed by atoms with Crippen LogP contribution < -0.4 is 21.1 Å². The van der Waals surface area contributed by atoms with Gasteiger partial charge in [-0.2, -0.15) is 0 Å². The van der Waals surface area contributed by atoms with Gasteiger partial charge in [0.15, 0.2) is 0 Å². The number of piperidine rings is 1. The highest BCUT2D eigenvalue weighted by molar-refractivity contribution is 5.88. The van der Waals surface area contributed by atoms with Crippen molar-refractivity contribution in [2.45, 2.75) is 71.6 Å². The van der Waals surface area contributed by atoms with Crippen molar-refractivity contribution < 1.29 is 19.1 Å². The van der Waals surface area contributed by atoms with E-state index >= 15 is 0 Å². The molecule has 8 nitrogen and oxygen atoms in total. The molecule has 0 aliphatic carbocycles. The van der Waals surface area contributed by atoms with Crippen LogP contribution in [0.25, 0.3) is 0 Å². The second kappa shape index (κ2) is 15.3. The zero-order valence-electron chi connectivity index (χ0n) is 23.5. The Morgan fingerprint density at radius 3 is 2.41 bits per heavy atom. The largest absolute Gasteiger partial charge is 0.489 e. The van der Waals surface area contributed by atoms with Gasteiger partial charge in [0.05, 0.1) is 0 Å². The number of likely N-dealkylation sites (tertiary alicyclic amines) is 1. The van der Waals surface area contributed by atoms with E-state index in [0.29, 0.717) is 25.4 Å². The highest BCUT2D eigenvalue weighted by Gasteiger charge is 2.27. The summed E-state index contributed by atoms with van der Waals surface area (Å²) in [6.07, 6.45) is 2.78. The summed E-state index contributed by atoms with van der Waals surface area (Å²) in [6.45, 7) is 9.43. The maximum atomic E-state index is 13.4. The second-order valence-electron chi connectivity index (χ2n) is 11.1. The summed E-state index contributed by atoms with van der Waals surface area (Å²) in [6, 6.07) is 16.9. The normalized spacial score (nSPS) is 17.3. The van der Waals surface area contributed by atoms with Gasteiger partial charge in [0.25, 0.3) is 0 Å². The smallest absolute Gasteiger partial charge is 0.243 e. The Balaban J connectivity index is 1.62. The number of primary amides is 1. The van der Waals surface area contributed by atoms with E-state index in [4.69, 9.17) is 10.5 Å². The van der Waals surface area contributed by atoms with Crippen LogP contribution in [0.4, 0.5) is 0 Å². The topological polar surface area (TPSA) is 114 Å². The summed E-state index contributed by atoms with van der Waals surface area (Å²) in [5.74, 6) is 0.00764. The van der Waals surface area contributed by atoms with Gasteiger partial charge in [-0.1, -0.05) is 63.2 Å². The molecule has 212 valence electrons.